The third kappa shape index (κ3) is 1.76. The number of rotatable bonds is 1. The number of nitrogens with zero attached hydrogens (tertiary/aromatic N) is 2. The van der Waals surface area contributed by atoms with Crippen LogP contribution in [0.25, 0.3) is 16.9 Å². The number of aromatic nitrogens is 2. The van der Waals surface area contributed by atoms with E-state index in [1.54, 1.807) is 12.1 Å². The van der Waals surface area contributed by atoms with Gasteiger partial charge in [0.25, 0.3) is 0 Å². The van der Waals surface area contributed by atoms with E-state index in [2.05, 4.69) is 4.98 Å². The minimum Gasteiger partial charge on any atom is -0.398 e. The van der Waals surface area contributed by atoms with Gasteiger partial charge in [0.2, 0.25) is 0 Å². The maximum absolute atomic E-state index is 13.9. The quantitative estimate of drug-likeness (QED) is 0.724. The molecule has 0 saturated heterocycles. The van der Waals surface area contributed by atoms with Crippen molar-refractivity contribution >= 4 is 11.3 Å². The summed E-state index contributed by atoms with van der Waals surface area (Å²) in [5, 5.41) is 0. The Balaban J connectivity index is 2.35. The lowest BCUT2D eigenvalue weighted by Gasteiger charge is -2.02. The van der Waals surface area contributed by atoms with Crippen LogP contribution < -0.4 is 5.73 Å². The molecule has 19 heavy (non-hydrogen) atoms. The summed E-state index contributed by atoms with van der Waals surface area (Å²) in [6.07, 6.45) is 1.81. The molecule has 3 nitrogen and oxygen atoms in total. The largest absolute Gasteiger partial charge is 0.398 e. The van der Waals surface area contributed by atoms with Crippen LogP contribution in [0, 0.1) is 19.7 Å². The van der Waals surface area contributed by atoms with Gasteiger partial charge in [0, 0.05) is 23.1 Å². The Kier molecular flexibility index (Phi) is 2.52. The second-order valence-corrected chi connectivity index (χ2v) is 4.68. The van der Waals surface area contributed by atoms with Crippen LogP contribution in [0.1, 0.15) is 11.3 Å². The van der Waals surface area contributed by atoms with Crippen molar-refractivity contribution in [2.75, 3.05) is 5.73 Å². The number of imidazole rings is 1. The van der Waals surface area contributed by atoms with E-state index in [0.717, 1.165) is 16.9 Å². The number of aryl methyl sites for hydroxylation is 2. The van der Waals surface area contributed by atoms with Crippen LogP contribution in [-0.4, -0.2) is 9.38 Å². The van der Waals surface area contributed by atoms with Gasteiger partial charge < -0.3 is 10.1 Å². The second-order valence-electron chi connectivity index (χ2n) is 4.68. The number of fused-ring (bicyclic) bond motifs is 1. The summed E-state index contributed by atoms with van der Waals surface area (Å²) >= 11 is 0. The van der Waals surface area contributed by atoms with E-state index in [4.69, 9.17) is 5.73 Å². The first-order valence-corrected chi connectivity index (χ1v) is 6.07. The molecular weight excluding hydrogens is 241 g/mol. The van der Waals surface area contributed by atoms with Gasteiger partial charge in [-0.2, -0.15) is 0 Å². The first-order valence-electron chi connectivity index (χ1n) is 6.07. The third-order valence-electron chi connectivity index (χ3n) is 3.29. The fraction of sp³-hybridized carbons (Fsp3) is 0.133. The van der Waals surface area contributed by atoms with Gasteiger partial charge in [-0.15, -0.1) is 0 Å². The summed E-state index contributed by atoms with van der Waals surface area (Å²) in [5.41, 5.74) is 10.4. The summed E-state index contributed by atoms with van der Waals surface area (Å²) in [6, 6.07) is 8.53. The summed E-state index contributed by atoms with van der Waals surface area (Å²) in [4.78, 5) is 4.55. The molecule has 4 heteroatoms. The molecule has 2 N–H and O–H groups in total. The molecule has 0 aliphatic heterocycles. The van der Waals surface area contributed by atoms with Crippen LogP contribution in [0.5, 0.6) is 0 Å². The lowest BCUT2D eigenvalue weighted by Crippen LogP contribution is -1.94. The molecule has 2 aromatic heterocycles. The van der Waals surface area contributed by atoms with Crippen molar-refractivity contribution in [3.63, 3.8) is 0 Å². The number of nitrogens with two attached hydrogens (primary N) is 1. The van der Waals surface area contributed by atoms with Crippen LogP contribution in [0.3, 0.4) is 0 Å². The minimum absolute atomic E-state index is 0.264. The van der Waals surface area contributed by atoms with Crippen LogP contribution in [0.4, 0.5) is 10.1 Å². The van der Waals surface area contributed by atoms with E-state index in [0.29, 0.717) is 16.9 Å². The van der Waals surface area contributed by atoms with Crippen LogP contribution in [-0.2, 0) is 0 Å². The predicted octanol–water partition coefficient (Wildman–Crippen LogP) is 3.34. The van der Waals surface area contributed by atoms with Crippen molar-refractivity contribution in [1.82, 2.24) is 9.38 Å². The van der Waals surface area contributed by atoms with Crippen molar-refractivity contribution in [3.8, 4) is 11.3 Å². The highest BCUT2D eigenvalue weighted by Crippen LogP contribution is 2.27. The average molecular weight is 255 g/mol. The van der Waals surface area contributed by atoms with Gasteiger partial charge in [0.15, 0.2) is 0 Å². The average Bonchev–Trinajstić information content (AvgIpc) is 2.68. The second kappa shape index (κ2) is 4.09. The van der Waals surface area contributed by atoms with Gasteiger partial charge in [-0.1, -0.05) is 12.1 Å². The van der Waals surface area contributed by atoms with Crippen LogP contribution in [0.15, 0.2) is 36.5 Å². The lowest BCUT2D eigenvalue weighted by molar-refractivity contribution is 0.630. The molecule has 96 valence electrons. The summed E-state index contributed by atoms with van der Waals surface area (Å²) in [6.45, 7) is 3.86. The molecule has 0 fully saturated rings. The molecule has 0 aliphatic carbocycles. The van der Waals surface area contributed by atoms with E-state index in [-0.39, 0.29) is 5.82 Å². The zero-order valence-corrected chi connectivity index (χ0v) is 10.8. The number of pyridine rings is 1. The third-order valence-corrected chi connectivity index (χ3v) is 3.29. The molecule has 2 heterocycles. The molecule has 3 aromatic rings. The van der Waals surface area contributed by atoms with Crippen molar-refractivity contribution in [2.24, 2.45) is 0 Å². The molecule has 0 unspecified atom stereocenters. The Bertz CT molecular complexity index is 774. The van der Waals surface area contributed by atoms with Gasteiger partial charge in [-0.25, -0.2) is 9.37 Å². The highest BCUT2D eigenvalue weighted by molar-refractivity contribution is 5.69. The van der Waals surface area contributed by atoms with E-state index in [9.17, 15) is 4.39 Å². The smallest absolute Gasteiger partial charge is 0.140 e. The Morgan fingerprint density at radius 3 is 2.68 bits per heavy atom. The van der Waals surface area contributed by atoms with Crippen molar-refractivity contribution in [1.29, 1.82) is 0 Å². The Morgan fingerprint density at radius 2 is 1.95 bits per heavy atom. The monoisotopic (exact) mass is 255 g/mol. The number of benzene rings is 1. The molecule has 3 rings (SSSR count). The fourth-order valence-corrected chi connectivity index (χ4v) is 2.36. The molecule has 0 radical (unpaired) electrons. The molecule has 0 bridgehead atoms. The van der Waals surface area contributed by atoms with Crippen molar-refractivity contribution < 1.29 is 4.39 Å². The topological polar surface area (TPSA) is 43.3 Å². The van der Waals surface area contributed by atoms with Crippen LogP contribution >= 0.6 is 0 Å². The summed E-state index contributed by atoms with van der Waals surface area (Å²) in [7, 11) is 0. The van der Waals surface area contributed by atoms with Crippen LogP contribution in [0.2, 0.25) is 0 Å². The van der Waals surface area contributed by atoms with Gasteiger partial charge in [-0.3, -0.25) is 0 Å². The minimum atomic E-state index is -0.264. The number of halogens is 1. The van der Waals surface area contributed by atoms with Crippen molar-refractivity contribution in [2.45, 2.75) is 13.8 Å². The molecule has 0 aliphatic rings. The van der Waals surface area contributed by atoms with Gasteiger partial charge in [0.05, 0.1) is 5.69 Å². The lowest BCUT2D eigenvalue weighted by atomic mass is 10.1. The Morgan fingerprint density at radius 1 is 1.21 bits per heavy atom. The van der Waals surface area contributed by atoms with Gasteiger partial charge in [-0.05, 0) is 37.6 Å². The van der Waals surface area contributed by atoms with E-state index >= 15 is 0 Å². The molecule has 0 saturated carbocycles. The number of anilines is 1. The maximum Gasteiger partial charge on any atom is 0.140 e. The summed E-state index contributed by atoms with van der Waals surface area (Å²) in [5.74, 6) is -0.264. The first kappa shape index (κ1) is 11.7. The molecule has 0 atom stereocenters. The first-order chi connectivity index (χ1) is 9.08. The Labute approximate surface area is 110 Å². The highest BCUT2D eigenvalue weighted by Gasteiger charge is 2.14. The van der Waals surface area contributed by atoms with E-state index < -0.39 is 0 Å². The molecular formula is C15H14FN3. The molecule has 0 spiro atoms. The zero-order chi connectivity index (χ0) is 13.6. The zero-order valence-electron chi connectivity index (χ0n) is 10.8. The SMILES string of the molecule is Cc1cc(N)cn2c(C)c(-c3ccccc3F)nc12. The normalized spacial score (nSPS) is 11.1. The standard InChI is InChI=1S/C15H14FN3/c1-9-7-11(17)8-19-10(2)14(18-15(9)19)12-5-3-4-6-13(12)16/h3-8H,17H2,1-2H3. The molecule has 0 amide bonds. The molecule has 1 aromatic carbocycles. The predicted molar refractivity (Wildman–Crippen MR) is 74.5 cm³/mol. The van der Waals surface area contributed by atoms with E-state index in [1.165, 1.54) is 6.07 Å². The maximum atomic E-state index is 13.9. The van der Waals surface area contributed by atoms with E-state index in [1.807, 2.05) is 36.6 Å². The number of nitrogen functional groups attached to an aromatic ring is 1. The Hall–Kier alpha value is -2.36. The van der Waals surface area contributed by atoms with Crippen molar-refractivity contribution in [3.05, 3.63) is 53.6 Å². The van der Waals surface area contributed by atoms with Gasteiger partial charge in [0.1, 0.15) is 11.5 Å². The highest BCUT2D eigenvalue weighted by atomic mass is 19.1. The number of hydrogen-bond acceptors (Lipinski definition) is 2. The van der Waals surface area contributed by atoms with Gasteiger partial charge >= 0.3 is 0 Å². The fourth-order valence-electron chi connectivity index (χ4n) is 2.36. The number of hydrogen-bond donors (Lipinski definition) is 1. The summed E-state index contributed by atoms with van der Waals surface area (Å²) < 4.78 is 15.8.